The molecule has 2 N–H and O–H groups in total. The fraction of sp³-hybridized carbons (Fsp3) is 0.304. The van der Waals surface area contributed by atoms with Gasteiger partial charge in [0.15, 0.2) is 6.61 Å². The summed E-state index contributed by atoms with van der Waals surface area (Å²) in [5, 5.41) is 6.37. The van der Waals surface area contributed by atoms with Crippen LogP contribution in [0.15, 0.2) is 54.4 Å². The van der Waals surface area contributed by atoms with Crippen LogP contribution in [0.2, 0.25) is 0 Å². The quantitative estimate of drug-likeness (QED) is 0.493. The van der Waals surface area contributed by atoms with Gasteiger partial charge in [0.1, 0.15) is 0 Å². The summed E-state index contributed by atoms with van der Waals surface area (Å²) in [7, 11) is 0. The van der Waals surface area contributed by atoms with Crippen molar-refractivity contribution in [3.8, 4) is 0 Å². The van der Waals surface area contributed by atoms with Crippen molar-refractivity contribution in [2.24, 2.45) is 5.92 Å². The summed E-state index contributed by atoms with van der Waals surface area (Å²) in [5.74, 6) is -2.05. The molecule has 1 aromatic carbocycles. The Morgan fingerprint density at radius 2 is 2.00 bits per heavy atom. The Balaban J connectivity index is 1.75. The van der Waals surface area contributed by atoms with Gasteiger partial charge in [0, 0.05) is 23.5 Å². The van der Waals surface area contributed by atoms with E-state index in [0.29, 0.717) is 12.1 Å². The normalized spacial score (nSPS) is 18.0. The first kappa shape index (κ1) is 23.2. The summed E-state index contributed by atoms with van der Waals surface area (Å²) >= 11 is 1.45. The second-order valence-corrected chi connectivity index (χ2v) is 8.34. The van der Waals surface area contributed by atoms with Crippen LogP contribution in [-0.2, 0) is 19.1 Å². The van der Waals surface area contributed by atoms with Gasteiger partial charge in [-0.15, -0.1) is 17.9 Å². The number of carbonyl (C=O) groups excluding carboxylic acids is 4. The van der Waals surface area contributed by atoms with Gasteiger partial charge >= 0.3 is 12.0 Å². The first-order chi connectivity index (χ1) is 15.4. The number of benzene rings is 1. The third-order valence-electron chi connectivity index (χ3n) is 5.05. The molecule has 4 amide bonds. The van der Waals surface area contributed by atoms with E-state index in [1.807, 2.05) is 48.7 Å². The molecule has 1 aliphatic rings. The third-order valence-corrected chi connectivity index (χ3v) is 6.00. The number of nitrogens with zero attached hydrogens (tertiary/aromatic N) is 1. The molecule has 0 spiro atoms. The van der Waals surface area contributed by atoms with E-state index in [1.165, 1.54) is 17.4 Å². The zero-order valence-electron chi connectivity index (χ0n) is 17.7. The molecule has 2 unspecified atom stereocenters. The van der Waals surface area contributed by atoms with Crippen molar-refractivity contribution in [3.63, 3.8) is 0 Å². The number of amides is 4. The first-order valence-corrected chi connectivity index (χ1v) is 11.1. The molecule has 2 aromatic rings. The van der Waals surface area contributed by atoms with Crippen molar-refractivity contribution >= 4 is 40.8 Å². The van der Waals surface area contributed by atoms with Gasteiger partial charge in [0.25, 0.3) is 5.91 Å². The number of ether oxygens (including phenoxy) is 1. The highest BCUT2D eigenvalue weighted by Crippen LogP contribution is 2.42. The molecule has 1 saturated heterocycles. The summed E-state index contributed by atoms with van der Waals surface area (Å²) in [4.78, 5) is 51.8. The predicted octanol–water partition coefficient (Wildman–Crippen LogP) is 3.10. The van der Waals surface area contributed by atoms with Crippen LogP contribution in [0.4, 0.5) is 10.5 Å². The van der Waals surface area contributed by atoms with Crippen molar-refractivity contribution in [2.45, 2.75) is 25.8 Å². The molecule has 0 bridgehead atoms. The second-order valence-electron chi connectivity index (χ2n) is 7.36. The van der Waals surface area contributed by atoms with Crippen molar-refractivity contribution in [1.29, 1.82) is 0 Å². The van der Waals surface area contributed by atoms with Crippen LogP contribution in [0.25, 0.3) is 0 Å². The van der Waals surface area contributed by atoms with E-state index >= 15 is 0 Å². The van der Waals surface area contributed by atoms with Gasteiger partial charge in [-0.05, 0) is 36.9 Å². The number of carbonyl (C=O) groups is 4. The fourth-order valence-corrected chi connectivity index (χ4v) is 4.43. The minimum atomic E-state index is -0.741. The largest absolute Gasteiger partial charge is 0.455 e. The van der Waals surface area contributed by atoms with Crippen molar-refractivity contribution in [2.75, 3.05) is 18.1 Å². The molecule has 0 radical (unpaired) electrons. The number of esters is 1. The molecule has 8 nitrogen and oxygen atoms in total. The van der Waals surface area contributed by atoms with Gasteiger partial charge in [-0.25, -0.2) is 4.79 Å². The lowest BCUT2D eigenvalue weighted by atomic mass is 9.87. The number of imide groups is 1. The number of thiophene rings is 1. The van der Waals surface area contributed by atoms with Crippen LogP contribution < -0.4 is 15.5 Å². The predicted molar refractivity (Wildman–Crippen MR) is 121 cm³/mol. The van der Waals surface area contributed by atoms with Crippen LogP contribution in [0.3, 0.4) is 0 Å². The molecule has 2 atom stereocenters. The Kier molecular flexibility index (Phi) is 7.77. The van der Waals surface area contributed by atoms with E-state index < -0.39 is 36.5 Å². The average molecular weight is 456 g/mol. The Hall–Kier alpha value is -3.46. The van der Waals surface area contributed by atoms with Crippen LogP contribution in [-0.4, -0.2) is 37.0 Å². The van der Waals surface area contributed by atoms with E-state index in [4.69, 9.17) is 4.74 Å². The second kappa shape index (κ2) is 10.7. The Morgan fingerprint density at radius 1 is 1.25 bits per heavy atom. The first-order valence-electron chi connectivity index (χ1n) is 10.2. The fourth-order valence-electron chi connectivity index (χ4n) is 3.55. The lowest BCUT2D eigenvalue weighted by Crippen LogP contribution is -2.46. The molecule has 3 rings (SSSR count). The van der Waals surface area contributed by atoms with Gasteiger partial charge in [-0.2, -0.15) is 0 Å². The zero-order chi connectivity index (χ0) is 23.1. The standard InChI is InChI=1S/C23H25N3O5S/c1-3-12-24-23(30)25-19(27)14-31-22(29)17-10-11-20(28)26(16-8-6-15(2)7-9-16)21(17)18-5-4-13-32-18/h3-9,13,17,21H,1,10-12,14H2,2H3,(H2,24,25,27,30). The van der Waals surface area contributed by atoms with E-state index in [9.17, 15) is 19.2 Å². The van der Waals surface area contributed by atoms with E-state index in [0.717, 1.165) is 10.4 Å². The topological polar surface area (TPSA) is 105 Å². The monoisotopic (exact) mass is 455 g/mol. The smallest absolute Gasteiger partial charge is 0.321 e. The van der Waals surface area contributed by atoms with Gasteiger partial charge in [-0.3, -0.25) is 19.7 Å². The summed E-state index contributed by atoms with van der Waals surface area (Å²) in [6.45, 7) is 5.03. The van der Waals surface area contributed by atoms with Gasteiger partial charge in [0.2, 0.25) is 5.91 Å². The molecule has 0 aliphatic carbocycles. The summed E-state index contributed by atoms with van der Waals surface area (Å²) in [6.07, 6.45) is 1.97. The molecular formula is C23H25N3O5S. The van der Waals surface area contributed by atoms with Crippen LogP contribution in [0.1, 0.15) is 29.3 Å². The van der Waals surface area contributed by atoms with Crippen molar-refractivity contribution in [3.05, 3.63) is 64.9 Å². The van der Waals surface area contributed by atoms with Gasteiger partial charge in [-0.1, -0.05) is 29.8 Å². The highest BCUT2D eigenvalue weighted by Gasteiger charge is 2.43. The Morgan fingerprint density at radius 3 is 2.66 bits per heavy atom. The molecule has 1 aliphatic heterocycles. The third kappa shape index (κ3) is 5.61. The van der Waals surface area contributed by atoms with Gasteiger partial charge in [0.05, 0.1) is 12.0 Å². The highest BCUT2D eigenvalue weighted by atomic mass is 32.1. The Labute approximate surface area is 190 Å². The maximum absolute atomic E-state index is 13.0. The number of anilines is 1. The SMILES string of the molecule is C=CCNC(=O)NC(=O)COC(=O)C1CCC(=O)N(c2ccc(C)cc2)C1c1cccs1. The van der Waals surface area contributed by atoms with Crippen LogP contribution >= 0.6 is 11.3 Å². The highest BCUT2D eigenvalue weighted by molar-refractivity contribution is 7.10. The molecule has 1 aromatic heterocycles. The number of hydrogen-bond acceptors (Lipinski definition) is 6. The average Bonchev–Trinajstić information content (AvgIpc) is 3.31. The van der Waals surface area contributed by atoms with E-state index in [-0.39, 0.29) is 18.9 Å². The molecule has 2 heterocycles. The minimum Gasteiger partial charge on any atom is -0.455 e. The molecular weight excluding hydrogens is 430 g/mol. The molecule has 32 heavy (non-hydrogen) atoms. The number of aryl methyl sites for hydroxylation is 1. The summed E-state index contributed by atoms with van der Waals surface area (Å²) in [6, 6.07) is 10.1. The maximum atomic E-state index is 13.0. The number of rotatable bonds is 7. The molecule has 168 valence electrons. The zero-order valence-corrected chi connectivity index (χ0v) is 18.5. The molecule has 1 fully saturated rings. The van der Waals surface area contributed by atoms with Crippen LogP contribution in [0.5, 0.6) is 0 Å². The van der Waals surface area contributed by atoms with Crippen LogP contribution in [0, 0.1) is 12.8 Å². The van der Waals surface area contributed by atoms with E-state index in [2.05, 4.69) is 17.2 Å². The lowest BCUT2D eigenvalue weighted by molar-refractivity contribution is -0.154. The molecule has 0 saturated carbocycles. The number of nitrogens with one attached hydrogen (secondary N) is 2. The summed E-state index contributed by atoms with van der Waals surface area (Å²) < 4.78 is 5.23. The van der Waals surface area contributed by atoms with Crippen molar-refractivity contribution in [1.82, 2.24) is 10.6 Å². The van der Waals surface area contributed by atoms with Crippen molar-refractivity contribution < 1.29 is 23.9 Å². The Bertz CT molecular complexity index is 988. The number of urea groups is 1. The minimum absolute atomic E-state index is 0.0760. The van der Waals surface area contributed by atoms with Gasteiger partial charge < -0.3 is 15.0 Å². The number of hydrogen-bond donors (Lipinski definition) is 2. The number of piperidine rings is 1. The van der Waals surface area contributed by atoms with E-state index in [1.54, 1.807) is 4.90 Å². The maximum Gasteiger partial charge on any atom is 0.321 e. The lowest BCUT2D eigenvalue weighted by Gasteiger charge is -2.39. The molecule has 9 heteroatoms. The summed E-state index contributed by atoms with van der Waals surface area (Å²) in [5.41, 5.74) is 1.76.